The number of rotatable bonds is 3. The van der Waals surface area contributed by atoms with Gasteiger partial charge in [0.2, 0.25) is 0 Å². The zero-order valence-corrected chi connectivity index (χ0v) is 15.6. The molecule has 5 nitrogen and oxygen atoms in total. The van der Waals surface area contributed by atoms with Gasteiger partial charge < -0.3 is 0 Å². The van der Waals surface area contributed by atoms with Crippen molar-refractivity contribution < 1.29 is 22.3 Å². The third kappa shape index (κ3) is 3.61. The molecular weight excluding hydrogens is 379 g/mol. The summed E-state index contributed by atoms with van der Waals surface area (Å²) in [5.74, 6) is 0.394. The average molecular weight is 401 g/mol. The normalized spacial score (nSPS) is 21.2. The second kappa shape index (κ2) is 6.80. The van der Waals surface area contributed by atoms with E-state index in [0.29, 0.717) is 48.6 Å². The molecule has 1 aliphatic carbocycles. The van der Waals surface area contributed by atoms with Gasteiger partial charge >= 0.3 is 6.18 Å². The first-order valence-corrected chi connectivity index (χ1v) is 10.7. The van der Waals surface area contributed by atoms with Gasteiger partial charge in [0.15, 0.2) is 5.69 Å². The maximum absolute atomic E-state index is 13.3. The summed E-state index contributed by atoms with van der Waals surface area (Å²) in [4.78, 5) is 0. The molecular formula is C18H22F3N3O2S. The van der Waals surface area contributed by atoms with E-state index in [9.17, 15) is 22.3 Å². The van der Waals surface area contributed by atoms with E-state index in [-0.39, 0.29) is 0 Å². The topological polar surface area (TPSA) is 61.5 Å². The Labute approximate surface area is 157 Å². The number of hydrogen-bond donors (Lipinski definition) is 2. The summed E-state index contributed by atoms with van der Waals surface area (Å²) < 4.78 is 63.1. The van der Waals surface area contributed by atoms with E-state index in [1.54, 1.807) is 16.4 Å². The first-order chi connectivity index (χ1) is 12.8. The Morgan fingerprint density at radius 1 is 1.04 bits per heavy atom. The Kier molecular flexibility index (Phi) is 4.74. The molecule has 4 rings (SSSR count). The van der Waals surface area contributed by atoms with Crippen molar-refractivity contribution in [1.29, 1.82) is 0 Å². The van der Waals surface area contributed by atoms with Crippen LogP contribution in [0.25, 0.3) is 5.69 Å². The van der Waals surface area contributed by atoms with Gasteiger partial charge in [-0.25, -0.2) is 8.99 Å². The number of fused-ring (bicyclic) bond motifs is 1. The molecule has 2 aliphatic rings. The fraction of sp³-hybridized carbons (Fsp3) is 0.500. The van der Waals surface area contributed by atoms with E-state index in [0.717, 1.165) is 24.8 Å². The van der Waals surface area contributed by atoms with Crippen molar-refractivity contribution >= 4 is 10.8 Å². The highest BCUT2D eigenvalue weighted by Gasteiger charge is 2.39. The highest BCUT2D eigenvalue weighted by Crippen LogP contribution is 2.49. The molecule has 2 N–H and O–H groups in total. The summed E-state index contributed by atoms with van der Waals surface area (Å²) in [5.41, 5.74) is 1.68. The van der Waals surface area contributed by atoms with Crippen molar-refractivity contribution in [2.45, 2.75) is 44.8 Å². The highest BCUT2D eigenvalue weighted by molar-refractivity contribution is 8.22. The van der Waals surface area contributed by atoms with Crippen LogP contribution < -0.4 is 0 Å². The Bertz CT molecular complexity index is 834. The minimum Gasteiger partial charge on any atom is -0.285 e. The molecule has 1 aromatic carbocycles. The van der Waals surface area contributed by atoms with Gasteiger partial charge in [-0.15, -0.1) is 10.8 Å². The molecule has 9 heteroatoms. The van der Waals surface area contributed by atoms with Crippen LogP contribution in [0.5, 0.6) is 0 Å². The number of nitrogens with zero attached hydrogens (tertiary/aromatic N) is 3. The Balaban J connectivity index is 1.62. The van der Waals surface area contributed by atoms with E-state index in [1.807, 2.05) is 12.1 Å². The third-order valence-electron chi connectivity index (χ3n) is 5.23. The molecule has 2 heterocycles. The summed E-state index contributed by atoms with van der Waals surface area (Å²) in [7, 11) is -2.68. The van der Waals surface area contributed by atoms with E-state index >= 15 is 0 Å². The molecule has 1 saturated heterocycles. The fourth-order valence-electron chi connectivity index (χ4n) is 3.88. The number of halogens is 3. The maximum Gasteiger partial charge on any atom is 0.435 e. The Morgan fingerprint density at radius 2 is 1.74 bits per heavy atom. The van der Waals surface area contributed by atoms with Gasteiger partial charge in [0.05, 0.1) is 11.4 Å². The monoisotopic (exact) mass is 401 g/mol. The van der Waals surface area contributed by atoms with Crippen molar-refractivity contribution in [3.05, 3.63) is 46.8 Å². The maximum atomic E-state index is 13.3. The molecule has 2 aromatic rings. The lowest BCUT2D eigenvalue weighted by Gasteiger charge is -2.36. The van der Waals surface area contributed by atoms with Gasteiger partial charge in [0.1, 0.15) is 0 Å². The predicted molar refractivity (Wildman–Crippen MR) is 98.0 cm³/mol. The molecule has 0 atom stereocenters. The van der Waals surface area contributed by atoms with Crippen molar-refractivity contribution in [1.82, 2.24) is 14.1 Å². The first-order valence-electron chi connectivity index (χ1n) is 9.04. The van der Waals surface area contributed by atoms with Crippen LogP contribution >= 0.6 is 10.8 Å². The lowest BCUT2D eigenvalue weighted by Crippen LogP contribution is -2.22. The van der Waals surface area contributed by atoms with Crippen LogP contribution in [0.2, 0.25) is 0 Å². The first kappa shape index (κ1) is 18.8. The van der Waals surface area contributed by atoms with Gasteiger partial charge in [-0.05, 0) is 49.8 Å². The van der Waals surface area contributed by atoms with Gasteiger partial charge in [-0.2, -0.15) is 18.3 Å². The van der Waals surface area contributed by atoms with E-state index < -0.39 is 22.6 Å². The lowest BCUT2D eigenvalue weighted by atomic mass is 9.95. The van der Waals surface area contributed by atoms with E-state index in [2.05, 4.69) is 5.10 Å². The fourth-order valence-corrected chi connectivity index (χ4v) is 5.43. The van der Waals surface area contributed by atoms with Crippen LogP contribution in [-0.2, 0) is 25.6 Å². The van der Waals surface area contributed by atoms with Crippen LogP contribution in [0.1, 0.15) is 41.8 Å². The Hall–Kier alpha value is -1.55. The predicted octanol–water partition coefficient (Wildman–Crippen LogP) is 4.64. The SMILES string of the molecule is OS1(O)CCCN1Cc1ccc(-n2nc(C(F)(F)F)c3c2CCCC3)cc1. The number of hydrogen-bond acceptors (Lipinski definition) is 4. The summed E-state index contributed by atoms with van der Waals surface area (Å²) in [6, 6.07) is 7.12. The molecule has 1 fully saturated rings. The molecule has 0 amide bonds. The van der Waals surface area contributed by atoms with E-state index in [1.165, 1.54) is 4.68 Å². The summed E-state index contributed by atoms with van der Waals surface area (Å²) in [5, 5.41) is 3.89. The molecule has 0 radical (unpaired) electrons. The highest BCUT2D eigenvalue weighted by atomic mass is 32.3. The van der Waals surface area contributed by atoms with Crippen LogP contribution in [0.4, 0.5) is 13.2 Å². The van der Waals surface area contributed by atoms with Crippen LogP contribution in [0.3, 0.4) is 0 Å². The molecule has 1 aromatic heterocycles. The number of aromatic nitrogens is 2. The molecule has 0 bridgehead atoms. The number of alkyl halides is 3. The van der Waals surface area contributed by atoms with Crippen molar-refractivity contribution in [2.24, 2.45) is 0 Å². The van der Waals surface area contributed by atoms with Crippen molar-refractivity contribution in [3.63, 3.8) is 0 Å². The third-order valence-corrected chi connectivity index (χ3v) is 7.20. The van der Waals surface area contributed by atoms with Gasteiger partial charge in [0.25, 0.3) is 0 Å². The van der Waals surface area contributed by atoms with Gasteiger partial charge in [-0.1, -0.05) is 12.1 Å². The standard InChI is InChI=1S/C18H22F3N3O2S/c19-18(20,21)17-15-4-1-2-5-16(15)24(22-17)14-8-6-13(7-9-14)12-23-10-3-11-27(23,25)26/h6-9,25-26H,1-5,10-12H2. The lowest BCUT2D eigenvalue weighted by molar-refractivity contribution is -0.142. The number of benzene rings is 1. The molecule has 1 aliphatic heterocycles. The van der Waals surface area contributed by atoms with Crippen LogP contribution in [-0.4, -0.2) is 35.5 Å². The minimum absolute atomic E-state index is 0.323. The van der Waals surface area contributed by atoms with E-state index in [4.69, 9.17) is 0 Å². The molecule has 0 spiro atoms. The summed E-state index contributed by atoms with van der Waals surface area (Å²) >= 11 is 0. The largest absolute Gasteiger partial charge is 0.435 e. The minimum atomic E-state index is -4.45. The molecule has 0 unspecified atom stereocenters. The average Bonchev–Trinajstić information content (AvgIpc) is 3.16. The quantitative estimate of drug-likeness (QED) is 0.787. The van der Waals surface area contributed by atoms with Crippen LogP contribution in [0.15, 0.2) is 24.3 Å². The van der Waals surface area contributed by atoms with Gasteiger partial charge in [-0.3, -0.25) is 9.11 Å². The van der Waals surface area contributed by atoms with Crippen LogP contribution in [0, 0.1) is 0 Å². The molecule has 0 saturated carbocycles. The van der Waals surface area contributed by atoms with Gasteiger partial charge in [0, 0.05) is 24.3 Å². The zero-order chi connectivity index (χ0) is 19.2. The zero-order valence-electron chi connectivity index (χ0n) is 14.7. The Morgan fingerprint density at radius 3 is 2.37 bits per heavy atom. The van der Waals surface area contributed by atoms with Crippen molar-refractivity contribution in [3.8, 4) is 5.69 Å². The summed E-state index contributed by atoms with van der Waals surface area (Å²) in [6.45, 7) is 1.04. The molecule has 148 valence electrons. The van der Waals surface area contributed by atoms with Crippen molar-refractivity contribution in [2.75, 3.05) is 12.3 Å². The smallest absolute Gasteiger partial charge is 0.285 e. The molecule has 27 heavy (non-hydrogen) atoms. The second-order valence-electron chi connectivity index (χ2n) is 7.11. The summed E-state index contributed by atoms with van der Waals surface area (Å²) in [6.07, 6.45) is -1.08. The second-order valence-corrected chi connectivity index (χ2v) is 9.30.